The number of amides is 1. The Labute approximate surface area is 163 Å². The minimum atomic E-state index is -0.254. The normalized spacial score (nSPS) is 23.4. The first-order valence-electron chi connectivity index (χ1n) is 9.59. The summed E-state index contributed by atoms with van der Waals surface area (Å²) in [4.78, 5) is 16.5. The summed E-state index contributed by atoms with van der Waals surface area (Å²) in [7, 11) is 0. The van der Waals surface area contributed by atoms with Crippen LogP contribution in [0.4, 0.5) is 0 Å². The molecule has 2 atom stereocenters. The Hall–Kier alpha value is -2.18. The van der Waals surface area contributed by atoms with Crippen molar-refractivity contribution in [1.82, 2.24) is 9.91 Å². The summed E-state index contributed by atoms with van der Waals surface area (Å²) in [5.74, 6) is 0.220. The molecule has 2 aromatic rings. The SMILES string of the molecule is C[C@@H]1CCCCN1CC(=O)N1N=C(c2cccs2)C[C@@H]1c1ccccc1O. The molecule has 0 aliphatic carbocycles. The zero-order valence-corrected chi connectivity index (χ0v) is 16.4. The molecule has 6 heteroatoms. The predicted octanol–water partition coefficient (Wildman–Crippen LogP) is 4.01. The lowest BCUT2D eigenvalue weighted by Crippen LogP contribution is -2.44. The van der Waals surface area contributed by atoms with Crippen LogP contribution in [-0.4, -0.2) is 45.8 Å². The third kappa shape index (κ3) is 3.77. The van der Waals surface area contributed by atoms with E-state index in [0.717, 1.165) is 35.5 Å². The Morgan fingerprint density at radius 2 is 2.11 bits per heavy atom. The molecular weight excluding hydrogens is 358 g/mol. The first-order chi connectivity index (χ1) is 13.1. The fourth-order valence-electron chi connectivity index (χ4n) is 3.98. The van der Waals surface area contributed by atoms with Gasteiger partial charge in [-0.15, -0.1) is 11.3 Å². The van der Waals surface area contributed by atoms with Crippen LogP contribution in [0, 0.1) is 0 Å². The molecular formula is C21H25N3O2S. The van der Waals surface area contributed by atoms with Crippen LogP contribution < -0.4 is 0 Å². The van der Waals surface area contributed by atoms with E-state index in [-0.39, 0.29) is 17.7 Å². The van der Waals surface area contributed by atoms with Crippen LogP contribution >= 0.6 is 11.3 Å². The second-order valence-corrected chi connectivity index (χ2v) is 8.30. The number of carbonyl (C=O) groups is 1. The van der Waals surface area contributed by atoms with Crippen molar-refractivity contribution < 1.29 is 9.90 Å². The summed E-state index contributed by atoms with van der Waals surface area (Å²) in [6, 6.07) is 11.5. The first kappa shape index (κ1) is 18.2. The third-order valence-electron chi connectivity index (χ3n) is 5.55. The third-order valence-corrected chi connectivity index (χ3v) is 6.47. The standard InChI is InChI=1S/C21H25N3O2S/c1-15-7-4-5-11-23(15)14-21(26)24-18(16-8-2-3-9-19(16)25)13-17(22-24)20-10-6-12-27-20/h2-3,6,8-10,12,15,18,25H,4-5,7,11,13-14H2,1H3/t15-,18-/m1/s1. The highest BCUT2D eigenvalue weighted by atomic mass is 32.1. The summed E-state index contributed by atoms with van der Waals surface area (Å²) >= 11 is 1.63. The van der Waals surface area contributed by atoms with Gasteiger partial charge < -0.3 is 5.11 Å². The molecule has 0 bridgehead atoms. The van der Waals surface area contributed by atoms with E-state index in [1.165, 1.54) is 6.42 Å². The van der Waals surface area contributed by atoms with Crippen LogP contribution in [0.5, 0.6) is 5.75 Å². The second kappa shape index (κ2) is 7.82. The van der Waals surface area contributed by atoms with E-state index in [1.54, 1.807) is 28.5 Å². The number of piperidine rings is 1. The van der Waals surface area contributed by atoms with Crippen LogP contribution in [0.25, 0.3) is 0 Å². The number of hydrogen-bond donors (Lipinski definition) is 1. The molecule has 1 aromatic heterocycles. The van der Waals surface area contributed by atoms with E-state index in [2.05, 4.69) is 11.8 Å². The molecule has 2 aliphatic rings. The van der Waals surface area contributed by atoms with Gasteiger partial charge in [0, 0.05) is 18.0 Å². The Balaban J connectivity index is 1.60. The molecule has 1 aromatic carbocycles. The van der Waals surface area contributed by atoms with E-state index in [1.807, 2.05) is 29.6 Å². The maximum absolute atomic E-state index is 13.2. The van der Waals surface area contributed by atoms with E-state index >= 15 is 0 Å². The van der Waals surface area contributed by atoms with E-state index in [4.69, 9.17) is 5.10 Å². The number of para-hydroxylation sites is 1. The molecule has 1 N–H and O–H groups in total. The van der Waals surface area contributed by atoms with Gasteiger partial charge in [0.1, 0.15) is 5.75 Å². The number of thiophene rings is 1. The number of phenols is 1. The fraction of sp³-hybridized carbons (Fsp3) is 0.429. The molecule has 142 valence electrons. The maximum atomic E-state index is 13.2. The lowest BCUT2D eigenvalue weighted by Gasteiger charge is -2.34. The highest BCUT2D eigenvalue weighted by molar-refractivity contribution is 7.12. The van der Waals surface area contributed by atoms with Crippen molar-refractivity contribution >= 4 is 23.0 Å². The van der Waals surface area contributed by atoms with Crippen LogP contribution in [0.15, 0.2) is 46.9 Å². The molecule has 0 radical (unpaired) electrons. The molecule has 0 spiro atoms. The lowest BCUT2D eigenvalue weighted by molar-refractivity contribution is -0.135. The van der Waals surface area contributed by atoms with Gasteiger partial charge in [0.25, 0.3) is 5.91 Å². The number of likely N-dealkylation sites (tertiary alicyclic amines) is 1. The predicted molar refractivity (Wildman–Crippen MR) is 108 cm³/mol. The van der Waals surface area contributed by atoms with E-state index < -0.39 is 0 Å². The van der Waals surface area contributed by atoms with Crippen LogP contribution in [-0.2, 0) is 4.79 Å². The number of hydrogen-bond acceptors (Lipinski definition) is 5. The van der Waals surface area contributed by atoms with Gasteiger partial charge in [0.05, 0.1) is 23.2 Å². The number of hydrazone groups is 1. The van der Waals surface area contributed by atoms with Gasteiger partial charge in [-0.2, -0.15) is 5.10 Å². The minimum Gasteiger partial charge on any atom is -0.508 e. The zero-order valence-electron chi connectivity index (χ0n) is 15.5. The van der Waals surface area contributed by atoms with E-state index in [9.17, 15) is 9.90 Å². The summed E-state index contributed by atoms with van der Waals surface area (Å²) in [5, 5.41) is 18.7. The molecule has 2 aliphatic heterocycles. The van der Waals surface area contributed by atoms with Gasteiger partial charge in [-0.25, -0.2) is 5.01 Å². The Morgan fingerprint density at radius 3 is 2.85 bits per heavy atom. The van der Waals surface area contributed by atoms with Crippen molar-refractivity contribution in [3.05, 3.63) is 52.2 Å². The van der Waals surface area contributed by atoms with Gasteiger partial charge in [-0.3, -0.25) is 9.69 Å². The number of aromatic hydroxyl groups is 1. The Bertz CT molecular complexity index is 834. The first-order valence-corrected chi connectivity index (χ1v) is 10.5. The quantitative estimate of drug-likeness (QED) is 0.868. The summed E-state index contributed by atoms with van der Waals surface area (Å²) in [5.41, 5.74) is 1.67. The fourth-order valence-corrected chi connectivity index (χ4v) is 4.70. The van der Waals surface area contributed by atoms with Gasteiger partial charge in [0.2, 0.25) is 0 Å². The molecule has 0 saturated carbocycles. The molecule has 5 nitrogen and oxygen atoms in total. The van der Waals surface area contributed by atoms with Gasteiger partial charge >= 0.3 is 0 Å². The Kier molecular flexibility index (Phi) is 5.27. The van der Waals surface area contributed by atoms with Crippen molar-refractivity contribution in [1.29, 1.82) is 0 Å². The topological polar surface area (TPSA) is 56.1 Å². The molecule has 27 heavy (non-hydrogen) atoms. The van der Waals surface area contributed by atoms with Gasteiger partial charge in [-0.1, -0.05) is 30.7 Å². The smallest absolute Gasteiger partial charge is 0.257 e. The number of rotatable bonds is 4. The number of nitrogens with zero attached hydrogens (tertiary/aromatic N) is 3. The molecule has 1 fully saturated rings. The monoisotopic (exact) mass is 383 g/mol. The summed E-state index contributed by atoms with van der Waals surface area (Å²) in [6.45, 7) is 3.53. The maximum Gasteiger partial charge on any atom is 0.257 e. The molecule has 3 heterocycles. The Morgan fingerprint density at radius 1 is 1.26 bits per heavy atom. The minimum absolute atomic E-state index is 0.00330. The molecule has 1 saturated heterocycles. The van der Waals surface area contributed by atoms with Crippen LogP contribution in [0.3, 0.4) is 0 Å². The van der Waals surface area contributed by atoms with Crippen LogP contribution in [0.2, 0.25) is 0 Å². The zero-order chi connectivity index (χ0) is 18.8. The number of carbonyl (C=O) groups excluding carboxylic acids is 1. The van der Waals surface area contributed by atoms with E-state index in [0.29, 0.717) is 19.0 Å². The largest absolute Gasteiger partial charge is 0.508 e. The second-order valence-electron chi connectivity index (χ2n) is 7.36. The van der Waals surface area contributed by atoms with Crippen molar-refractivity contribution in [2.24, 2.45) is 5.10 Å². The van der Waals surface area contributed by atoms with Gasteiger partial charge in [0.15, 0.2) is 0 Å². The number of benzene rings is 1. The van der Waals surface area contributed by atoms with Crippen LogP contribution in [0.1, 0.15) is 49.1 Å². The van der Waals surface area contributed by atoms with Crippen molar-refractivity contribution in [3.8, 4) is 5.75 Å². The average molecular weight is 384 g/mol. The molecule has 4 rings (SSSR count). The van der Waals surface area contributed by atoms with Crippen molar-refractivity contribution in [2.75, 3.05) is 13.1 Å². The summed E-state index contributed by atoms with van der Waals surface area (Å²) in [6.07, 6.45) is 4.14. The molecule has 0 unspecified atom stereocenters. The number of phenolic OH excluding ortho intramolecular Hbond substituents is 1. The van der Waals surface area contributed by atoms with Crippen molar-refractivity contribution in [3.63, 3.8) is 0 Å². The van der Waals surface area contributed by atoms with Crippen molar-refractivity contribution in [2.45, 2.75) is 44.7 Å². The molecule has 1 amide bonds. The lowest BCUT2D eigenvalue weighted by atomic mass is 10.00. The average Bonchev–Trinajstić information content (AvgIpc) is 3.33. The highest BCUT2D eigenvalue weighted by Crippen LogP contribution is 2.37. The highest BCUT2D eigenvalue weighted by Gasteiger charge is 2.36. The summed E-state index contributed by atoms with van der Waals surface area (Å²) < 4.78 is 0. The van der Waals surface area contributed by atoms with Gasteiger partial charge in [-0.05, 0) is 43.8 Å².